The molecule has 0 saturated heterocycles. The van der Waals surface area contributed by atoms with Crippen LogP contribution in [0.4, 0.5) is 0 Å². The van der Waals surface area contributed by atoms with Gasteiger partial charge in [0.15, 0.2) is 0 Å². The summed E-state index contributed by atoms with van der Waals surface area (Å²) in [6.07, 6.45) is 20.1. The van der Waals surface area contributed by atoms with E-state index in [4.69, 9.17) is 0 Å². The van der Waals surface area contributed by atoms with Crippen LogP contribution < -0.4 is 0 Å². The molecular formula is C28H40. The molecule has 0 heteroatoms. The van der Waals surface area contributed by atoms with E-state index >= 15 is 0 Å². The second-order valence-corrected chi connectivity index (χ2v) is 8.93. The molecule has 1 aliphatic carbocycles. The van der Waals surface area contributed by atoms with Gasteiger partial charge in [0.25, 0.3) is 0 Å². The minimum atomic E-state index is 0.927. The van der Waals surface area contributed by atoms with Gasteiger partial charge in [0.1, 0.15) is 0 Å². The molecule has 1 unspecified atom stereocenters. The average Bonchev–Trinajstić information content (AvgIpc) is 2.74. The maximum Gasteiger partial charge on any atom is -0.0178 e. The van der Waals surface area contributed by atoms with Crippen molar-refractivity contribution in [1.82, 2.24) is 0 Å². The fourth-order valence-corrected chi connectivity index (χ4v) is 4.68. The summed E-state index contributed by atoms with van der Waals surface area (Å²) in [5, 5.41) is 2.80. The molecule has 152 valence electrons. The second-order valence-electron chi connectivity index (χ2n) is 8.93. The lowest BCUT2D eigenvalue weighted by molar-refractivity contribution is 0.424. The van der Waals surface area contributed by atoms with E-state index in [1.807, 2.05) is 0 Å². The van der Waals surface area contributed by atoms with Crippen LogP contribution in [-0.4, -0.2) is 0 Å². The summed E-state index contributed by atoms with van der Waals surface area (Å²) >= 11 is 0. The highest BCUT2D eigenvalue weighted by Gasteiger charge is 2.15. The van der Waals surface area contributed by atoms with Crippen molar-refractivity contribution < 1.29 is 0 Å². The first-order chi connectivity index (χ1) is 13.8. The Labute approximate surface area is 173 Å². The van der Waals surface area contributed by atoms with E-state index in [1.54, 1.807) is 5.57 Å². The van der Waals surface area contributed by atoms with Crippen LogP contribution in [0.3, 0.4) is 0 Å². The molecule has 0 aromatic heterocycles. The van der Waals surface area contributed by atoms with Crippen LogP contribution in [0, 0.1) is 5.92 Å². The Balaban J connectivity index is 1.55. The number of benzene rings is 2. The molecule has 1 atom stereocenters. The van der Waals surface area contributed by atoms with Crippen molar-refractivity contribution >= 4 is 16.3 Å². The molecule has 0 heterocycles. The number of allylic oxidation sites excluding steroid dienone is 2. The summed E-state index contributed by atoms with van der Waals surface area (Å²) in [5.41, 5.74) is 4.52. The first kappa shape index (κ1) is 21.2. The van der Waals surface area contributed by atoms with Gasteiger partial charge in [0, 0.05) is 0 Å². The van der Waals surface area contributed by atoms with Gasteiger partial charge in [-0.1, -0.05) is 102 Å². The Morgan fingerprint density at radius 1 is 0.786 bits per heavy atom. The van der Waals surface area contributed by atoms with E-state index in [9.17, 15) is 0 Å². The summed E-state index contributed by atoms with van der Waals surface area (Å²) in [4.78, 5) is 0. The Hall–Kier alpha value is -1.56. The molecule has 1 aliphatic rings. The third kappa shape index (κ3) is 6.23. The molecular weight excluding hydrogens is 336 g/mol. The highest BCUT2D eigenvalue weighted by Crippen LogP contribution is 2.34. The molecule has 28 heavy (non-hydrogen) atoms. The first-order valence-electron chi connectivity index (χ1n) is 12.0. The van der Waals surface area contributed by atoms with Gasteiger partial charge >= 0.3 is 0 Å². The molecule has 2 aromatic carbocycles. The van der Waals surface area contributed by atoms with Gasteiger partial charge in [-0.25, -0.2) is 0 Å². The van der Waals surface area contributed by atoms with E-state index in [-0.39, 0.29) is 0 Å². The van der Waals surface area contributed by atoms with E-state index in [0.29, 0.717) is 0 Å². The van der Waals surface area contributed by atoms with Gasteiger partial charge < -0.3 is 0 Å². The van der Waals surface area contributed by atoms with Crippen molar-refractivity contribution in [2.75, 3.05) is 0 Å². The maximum absolute atomic E-state index is 2.54. The van der Waals surface area contributed by atoms with E-state index in [2.05, 4.69) is 56.3 Å². The molecule has 0 saturated carbocycles. The Morgan fingerprint density at radius 3 is 2.32 bits per heavy atom. The lowest BCUT2D eigenvalue weighted by atomic mass is 9.83. The van der Waals surface area contributed by atoms with Crippen LogP contribution in [0.2, 0.25) is 0 Å². The molecule has 0 nitrogen and oxygen atoms in total. The fourth-order valence-electron chi connectivity index (χ4n) is 4.68. The van der Waals surface area contributed by atoms with Crippen molar-refractivity contribution in [3.63, 3.8) is 0 Å². The molecule has 0 radical (unpaired) electrons. The van der Waals surface area contributed by atoms with Crippen LogP contribution in [-0.2, 0) is 6.42 Å². The molecule has 0 bridgehead atoms. The summed E-state index contributed by atoms with van der Waals surface area (Å²) in [6, 6.07) is 14.2. The highest BCUT2D eigenvalue weighted by molar-refractivity contribution is 5.87. The third-order valence-electron chi connectivity index (χ3n) is 6.58. The zero-order valence-electron chi connectivity index (χ0n) is 18.3. The van der Waals surface area contributed by atoms with Crippen LogP contribution in [0.5, 0.6) is 0 Å². The lowest BCUT2D eigenvalue weighted by Gasteiger charge is -2.22. The van der Waals surface area contributed by atoms with Gasteiger partial charge in [-0.3, -0.25) is 0 Å². The number of hydrogen-bond donors (Lipinski definition) is 0. The van der Waals surface area contributed by atoms with Gasteiger partial charge in [-0.2, -0.15) is 0 Å². The zero-order valence-corrected chi connectivity index (χ0v) is 18.3. The van der Waals surface area contributed by atoms with Gasteiger partial charge in [-0.05, 0) is 71.6 Å². The first-order valence-corrected chi connectivity index (χ1v) is 12.0. The van der Waals surface area contributed by atoms with Crippen molar-refractivity contribution in [3.8, 4) is 0 Å². The van der Waals surface area contributed by atoms with E-state index in [1.165, 1.54) is 105 Å². The second kappa shape index (κ2) is 11.4. The minimum Gasteiger partial charge on any atom is -0.0804 e. The topological polar surface area (TPSA) is 0 Å². The summed E-state index contributed by atoms with van der Waals surface area (Å²) in [7, 11) is 0. The van der Waals surface area contributed by atoms with Gasteiger partial charge in [0.05, 0.1) is 0 Å². The van der Waals surface area contributed by atoms with Crippen molar-refractivity contribution in [2.45, 2.75) is 97.3 Å². The quantitative estimate of drug-likeness (QED) is 0.343. The molecule has 3 rings (SSSR count). The van der Waals surface area contributed by atoms with E-state index in [0.717, 1.165) is 5.92 Å². The standard InChI is InChI=1S/C28H40/c1-3-5-7-8-10-11-23-13-16-25(17-14-23)27-20-19-26-21-24(12-9-6-4-2)15-18-28(26)22-27/h15-16,18-23H,3-14,17H2,1-2H3. The predicted molar refractivity (Wildman–Crippen MR) is 126 cm³/mol. The monoisotopic (exact) mass is 376 g/mol. The summed E-state index contributed by atoms with van der Waals surface area (Å²) in [5.74, 6) is 0.927. The average molecular weight is 377 g/mol. The number of rotatable bonds is 11. The SMILES string of the molecule is CCCCCCCC1CC=C(c2ccc3cc(CCCCC)ccc3c2)CC1. The predicted octanol–water partition coefficient (Wildman–Crippen LogP) is 9.12. The molecule has 0 spiro atoms. The zero-order chi connectivity index (χ0) is 19.6. The van der Waals surface area contributed by atoms with Gasteiger partial charge in [0.2, 0.25) is 0 Å². The summed E-state index contributed by atoms with van der Waals surface area (Å²) < 4.78 is 0. The van der Waals surface area contributed by atoms with Crippen LogP contribution in [0.1, 0.15) is 102 Å². The highest BCUT2D eigenvalue weighted by atomic mass is 14.2. The Kier molecular flexibility index (Phi) is 8.65. The fraction of sp³-hybridized carbons (Fsp3) is 0.571. The largest absolute Gasteiger partial charge is 0.0804 e. The molecule has 0 aliphatic heterocycles. The molecule has 0 N–H and O–H groups in total. The number of aryl methyl sites for hydroxylation is 1. The minimum absolute atomic E-state index is 0.927. The smallest absolute Gasteiger partial charge is 0.0178 e. The Morgan fingerprint density at radius 2 is 1.54 bits per heavy atom. The normalized spacial score (nSPS) is 17.1. The Bertz CT molecular complexity index is 752. The van der Waals surface area contributed by atoms with Gasteiger partial charge in [-0.15, -0.1) is 0 Å². The van der Waals surface area contributed by atoms with Crippen molar-refractivity contribution in [1.29, 1.82) is 0 Å². The third-order valence-corrected chi connectivity index (χ3v) is 6.58. The van der Waals surface area contributed by atoms with Crippen LogP contribution >= 0.6 is 0 Å². The maximum atomic E-state index is 2.54. The number of hydrogen-bond acceptors (Lipinski definition) is 0. The molecule has 0 amide bonds. The lowest BCUT2D eigenvalue weighted by Crippen LogP contribution is -2.05. The van der Waals surface area contributed by atoms with Crippen LogP contribution in [0.25, 0.3) is 16.3 Å². The molecule has 0 fully saturated rings. The van der Waals surface area contributed by atoms with Crippen molar-refractivity contribution in [3.05, 3.63) is 53.6 Å². The van der Waals surface area contributed by atoms with Crippen molar-refractivity contribution in [2.24, 2.45) is 5.92 Å². The summed E-state index contributed by atoms with van der Waals surface area (Å²) in [6.45, 7) is 4.57. The number of fused-ring (bicyclic) bond motifs is 1. The number of unbranched alkanes of at least 4 members (excludes halogenated alkanes) is 6. The van der Waals surface area contributed by atoms with Crippen LogP contribution in [0.15, 0.2) is 42.5 Å². The van der Waals surface area contributed by atoms with E-state index < -0.39 is 0 Å². The molecule has 2 aromatic rings.